The SMILES string of the molecule is CC(C)c1noc([C@H]2CCCN(C(=O)Cc3cccs3)C2)n1. The van der Waals surface area contributed by atoms with Crippen molar-refractivity contribution in [3.63, 3.8) is 0 Å². The van der Waals surface area contributed by atoms with Gasteiger partial charge in [0.25, 0.3) is 0 Å². The zero-order chi connectivity index (χ0) is 15.5. The van der Waals surface area contributed by atoms with Gasteiger partial charge in [0.15, 0.2) is 5.82 Å². The average molecular weight is 319 g/mol. The molecule has 22 heavy (non-hydrogen) atoms. The quantitative estimate of drug-likeness (QED) is 0.868. The van der Waals surface area contributed by atoms with E-state index >= 15 is 0 Å². The Bertz CT molecular complexity index is 621. The minimum Gasteiger partial charge on any atom is -0.342 e. The van der Waals surface area contributed by atoms with Crippen molar-refractivity contribution in [2.24, 2.45) is 0 Å². The van der Waals surface area contributed by atoms with Gasteiger partial charge in [0.05, 0.1) is 12.3 Å². The molecule has 2 aromatic heterocycles. The van der Waals surface area contributed by atoms with Gasteiger partial charge >= 0.3 is 0 Å². The number of aromatic nitrogens is 2. The number of nitrogens with zero attached hydrogens (tertiary/aromatic N) is 3. The van der Waals surface area contributed by atoms with Crippen molar-refractivity contribution in [3.8, 4) is 0 Å². The number of thiophene rings is 1. The summed E-state index contributed by atoms with van der Waals surface area (Å²) in [7, 11) is 0. The van der Waals surface area contributed by atoms with Crippen LogP contribution >= 0.6 is 11.3 Å². The Kier molecular flexibility index (Phi) is 4.57. The highest BCUT2D eigenvalue weighted by molar-refractivity contribution is 7.10. The second-order valence-electron chi connectivity index (χ2n) is 6.08. The first kappa shape index (κ1) is 15.2. The molecule has 1 aliphatic rings. The Morgan fingerprint density at radius 1 is 1.55 bits per heavy atom. The molecule has 1 aliphatic heterocycles. The molecule has 6 heteroatoms. The molecule has 1 fully saturated rings. The Balaban J connectivity index is 1.64. The third-order valence-electron chi connectivity index (χ3n) is 4.00. The molecule has 3 rings (SSSR count). The van der Waals surface area contributed by atoms with Crippen molar-refractivity contribution in [3.05, 3.63) is 34.1 Å². The predicted molar refractivity (Wildman–Crippen MR) is 85.0 cm³/mol. The van der Waals surface area contributed by atoms with Crippen molar-refractivity contribution >= 4 is 17.2 Å². The van der Waals surface area contributed by atoms with E-state index < -0.39 is 0 Å². The van der Waals surface area contributed by atoms with Crippen LogP contribution in [0.15, 0.2) is 22.0 Å². The zero-order valence-corrected chi connectivity index (χ0v) is 13.8. The Morgan fingerprint density at radius 2 is 2.41 bits per heavy atom. The molecule has 3 heterocycles. The van der Waals surface area contributed by atoms with E-state index in [4.69, 9.17) is 4.52 Å². The first-order valence-electron chi connectivity index (χ1n) is 7.77. The van der Waals surface area contributed by atoms with E-state index in [1.807, 2.05) is 36.3 Å². The van der Waals surface area contributed by atoms with Crippen LogP contribution in [0.4, 0.5) is 0 Å². The third kappa shape index (κ3) is 3.38. The average Bonchev–Trinajstić information content (AvgIpc) is 3.18. The molecule has 2 aromatic rings. The van der Waals surface area contributed by atoms with E-state index in [2.05, 4.69) is 10.1 Å². The highest BCUT2D eigenvalue weighted by Gasteiger charge is 2.28. The van der Waals surface area contributed by atoms with E-state index in [1.165, 1.54) is 0 Å². The van der Waals surface area contributed by atoms with Crippen molar-refractivity contribution in [2.75, 3.05) is 13.1 Å². The fourth-order valence-electron chi connectivity index (χ4n) is 2.73. The van der Waals surface area contributed by atoms with E-state index in [-0.39, 0.29) is 17.7 Å². The topological polar surface area (TPSA) is 59.2 Å². The maximum atomic E-state index is 12.4. The fraction of sp³-hybridized carbons (Fsp3) is 0.562. The largest absolute Gasteiger partial charge is 0.342 e. The van der Waals surface area contributed by atoms with E-state index in [0.29, 0.717) is 18.9 Å². The van der Waals surface area contributed by atoms with Crippen LogP contribution in [-0.4, -0.2) is 34.0 Å². The van der Waals surface area contributed by atoms with E-state index in [9.17, 15) is 4.79 Å². The van der Waals surface area contributed by atoms with E-state index in [0.717, 1.165) is 30.1 Å². The predicted octanol–water partition coefficient (Wildman–Crippen LogP) is 3.20. The summed E-state index contributed by atoms with van der Waals surface area (Å²) in [5.41, 5.74) is 0. The number of carbonyl (C=O) groups excluding carboxylic acids is 1. The molecule has 0 aromatic carbocycles. The van der Waals surface area contributed by atoms with Gasteiger partial charge in [-0.2, -0.15) is 4.98 Å². The summed E-state index contributed by atoms with van der Waals surface area (Å²) in [6.45, 7) is 5.61. The van der Waals surface area contributed by atoms with Crippen LogP contribution in [0.1, 0.15) is 55.1 Å². The van der Waals surface area contributed by atoms with Gasteiger partial charge in [0.1, 0.15) is 0 Å². The van der Waals surface area contributed by atoms with Crippen LogP contribution in [0.5, 0.6) is 0 Å². The number of likely N-dealkylation sites (tertiary alicyclic amines) is 1. The Labute approximate surface area is 134 Å². The number of rotatable bonds is 4. The number of carbonyl (C=O) groups is 1. The molecule has 0 radical (unpaired) electrons. The summed E-state index contributed by atoms with van der Waals surface area (Å²) >= 11 is 1.63. The van der Waals surface area contributed by atoms with Gasteiger partial charge in [-0.15, -0.1) is 11.3 Å². The lowest BCUT2D eigenvalue weighted by Gasteiger charge is -2.31. The first-order valence-corrected chi connectivity index (χ1v) is 8.65. The highest BCUT2D eigenvalue weighted by Crippen LogP contribution is 2.27. The van der Waals surface area contributed by atoms with Crippen molar-refractivity contribution in [2.45, 2.75) is 44.9 Å². The maximum Gasteiger partial charge on any atom is 0.231 e. The molecule has 1 amide bonds. The van der Waals surface area contributed by atoms with Gasteiger partial charge < -0.3 is 9.42 Å². The monoisotopic (exact) mass is 319 g/mol. The summed E-state index contributed by atoms with van der Waals surface area (Å²) in [5.74, 6) is 2.05. The van der Waals surface area contributed by atoms with Crippen molar-refractivity contribution in [1.29, 1.82) is 0 Å². The molecule has 0 unspecified atom stereocenters. The minimum absolute atomic E-state index is 0.168. The molecule has 1 saturated heterocycles. The smallest absolute Gasteiger partial charge is 0.231 e. The molecule has 0 aliphatic carbocycles. The maximum absolute atomic E-state index is 12.4. The van der Waals surface area contributed by atoms with Crippen LogP contribution in [0.25, 0.3) is 0 Å². The summed E-state index contributed by atoms with van der Waals surface area (Å²) in [6.07, 6.45) is 2.48. The Morgan fingerprint density at radius 3 is 3.09 bits per heavy atom. The molecule has 0 spiro atoms. The highest BCUT2D eigenvalue weighted by atomic mass is 32.1. The zero-order valence-electron chi connectivity index (χ0n) is 13.0. The molecular formula is C16H21N3O2S. The van der Waals surface area contributed by atoms with Crippen molar-refractivity contribution < 1.29 is 9.32 Å². The fourth-order valence-corrected chi connectivity index (χ4v) is 3.42. The summed E-state index contributed by atoms with van der Waals surface area (Å²) in [6, 6.07) is 4.00. The number of hydrogen-bond acceptors (Lipinski definition) is 5. The lowest BCUT2D eigenvalue weighted by Crippen LogP contribution is -2.39. The molecule has 0 N–H and O–H groups in total. The second kappa shape index (κ2) is 6.60. The summed E-state index contributed by atoms with van der Waals surface area (Å²) in [5, 5.41) is 6.04. The third-order valence-corrected chi connectivity index (χ3v) is 4.88. The van der Waals surface area contributed by atoms with Crippen LogP contribution in [-0.2, 0) is 11.2 Å². The molecule has 0 bridgehead atoms. The summed E-state index contributed by atoms with van der Waals surface area (Å²) < 4.78 is 5.40. The van der Waals surface area contributed by atoms with Gasteiger partial charge in [-0.05, 0) is 24.3 Å². The van der Waals surface area contributed by atoms with Crippen LogP contribution in [0.2, 0.25) is 0 Å². The van der Waals surface area contributed by atoms with Gasteiger partial charge in [0.2, 0.25) is 11.8 Å². The molecule has 1 atom stereocenters. The Hall–Kier alpha value is -1.69. The number of hydrogen-bond donors (Lipinski definition) is 0. The number of piperidine rings is 1. The van der Waals surface area contributed by atoms with Crippen LogP contribution < -0.4 is 0 Å². The van der Waals surface area contributed by atoms with Gasteiger partial charge in [0, 0.05) is 23.9 Å². The van der Waals surface area contributed by atoms with Gasteiger partial charge in [-0.1, -0.05) is 25.1 Å². The standard InChI is InChI=1S/C16H21N3O2S/c1-11(2)15-17-16(21-18-15)12-5-3-7-19(10-12)14(20)9-13-6-4-8-22-13/h4,6,8,11-12H,3,5,7,9-10H2,1-2H3/t12-/m0/s1. The van der Waals surface area contributed by atoms with Gasteiger partial charge in [-0.25, -0.2) is 0 Å². The van der Waals surface area contributed by atoms with Crippen LogP contribution in [0.3, 0.4) is 0 Å². The first-order chi connectivity index (χ1) is 10.6. The molecule has 5 nitrogen and oxygen atoms in total. The number of amides is 1. The summed E-state index contributed by atoms with van der Waals surface area (Å²) in [4.78, 5) is 20.0. The van der Waals surface area contributed by atoms with Crippen molar-refractivity contribution in [1.82, 2.24) is 15.0 Å². The molecule has 118 valence electrons. The van der Waals surface area contributed by atoms with Gasteiger partial charge in [-0.3, -0.25) is 4.79 Å². The molecular weight excluding hydrogens is 298 g/mol. The normalized spacial score (nSPS) is 18.9. The molecule has 0 saturated carbocycles. The van der Waals surface area contributed by atoms with Crippen LogP contribution in [0, 0.1) is 0 Å². The lowest BCUT2D eigenvalue weighted by atomic mass is 9.97. The van der Waals surface area contributed by atoms with E-state index in [1.54, 1.807) is 11.3 Å². The second-order valence-corrected chi connectivity index (χ2v) is 7.11. The lowest BCUT2D eigenvalue weighted by molar-refractivity contribution is -0.131. The minimum atomic E-state index is 0.168.